The van der Waals surface area contributed by atoms with Crippen molar-refractivity contribution in [1.29, 1.82) is 0 Å². The van der Waals surface area contributed by atoms with E-state index in [2.05, 4.69) is 20.4 Å². The summed E-state index contributed by atoms with van der Waals surface area (Å²) in [6, 6.07) is 0. The number of nitrogens with one attached hydrogen (secondary N) is 2. The molecule has 0 saturated heterocycles. The summed E-state index contributed by atoms with van der Waals surface area (Å²) in [5.41, 5.74) is 3.29. The zero-order valence-electron chi connectivity index (χ0n) is 9.58. The van der Waals surface area contributed by atoms with Crippen molar-refractivity contribution in [1.82, 2.24) is 20.4 Å². The molecule has 2 aromatic rings. The molecule has 2 rings (SSSR count). The number of rotatable bonds is 5. The Morgan fingerprint density at radius 3 is 2.94 bits per heavy atom. The molecule has 0 unspecified atom stereocenters. The Kier molecular flexibility index (Phi) is 3.36. The van der Waals surface area contributed by atoms with Crippen LogP contribution in [0, 0.1) is 13.8 Å². The predicted octanol–water partition coefficient (Wildman–Crippen LogP) is 1.35. The topological polar surface area (TPSA) is 66.7 Å². The van der Waals surface area contributed by atoms with Crippen LogP contribution < -0.4 is 5.32 Å². The molecule has 0 aliphatic rings. The van der Waals surface area contributed by atoms with Gasteiger partial charge >= 0.3 is 0 Å². The molecule has 0 bridgehead atoms. The van der Waals surface area contributed by atoms with Crippen LogP contribution in [-0.2, 0) is 13.0 Å². The Labute approximate surface area is 94.3 Å². The van der Waals surface area contributed by atoms with Gasteiger partial charge in [0.2, 0.25) is 0 Å². The van der Waals surface area contributed by atoms with Crippen LogP contribution in [0.2, 0.25) is 0 Å². The minimum atomic E-state index is 0.809. The van der Waals surface area contributed by atoms with Gasteiger partial charge in [0, 0.05) is 24.0 Å². The van der Waals surface area contributed by atoms with Crippen LogP contribution >= 0.6 is 0 Å². The Bertz CT molecular complexity index is 413. The predicted molar refractivity (Wildman–Crippen MR) is 60.0 cm³/mol. The van der Waals surface area contributed by atoms with Gasteiger partial charge in [0.05, 0.1) is 12.0 Å². The molecule has 0 aliphatic heterocycles. The first-order chi connectivity index (χ1) is 7.77. The molecule has 16 heavy (non-hydrogen) atoms. The first kappa shape index (κ1) is 10.9. The zero-order chi connectivity index (χ0) is 11.4. The summed E-state index contributed by atoms with van der Waals surface area (Å²) in [7, 11) is 0. The second-order valence-electron chi connectivity index (χ2n) is 3.81. The number of aryl methyl sites for hydroxylation is 2. The lowest BCUT2D eigenvalue weighted by Crippen LogP contribution is -2.17. The number of hydrogen-bond acceptors (Lipinski definition) is 4. The van der Waals surface area contributed by atoms with E-state index in [1.54, 1.807) is 6.33 Å². The molecule has 0 spiro atoms. The van der Waals surface area contributed by atoms with Crippen molar-refractivity contribution in [2.75, 3.05) is 6.54 Å². The van der Waals surface area contributed by atoms with Crippen LogP contribution in [-0.4, -0.2) is 21.7 Å². The number of H-pyrrole nitrogens is 1. The van der Waals surface area contributed by atoms with Crippen LogP contribution in [0.25, 0.3) is 0 Å². The fourth-order valence-corrected chi connectivity index (χ4v) is 1.68. The van der Waals surface area contributed by atoms with Gasteiger partial charge in [0.15, 0.2) is 0 Å². The number of hydrogen-bond donors (Lipinski definition) is 2. The van der Waals surface area contributed by atoms with Crippen LogP contribution in [0.4, 0.5) is 0 Å². The average Bonchev–Trinajstić information content (AvgIpc) is 2.87. The molecule has 0 atom stereocenters. The quantitative estimate of drug-likeness (QED) is 0.746. The summed E-state index contributed by atoms with van der Waals surface area (Å²) in [4.78, 5) is 7.01. The normalized spacial score (nSPS) is 10.9. The van der Waals surface area contributed by atoms with Crippen LogP contribution in [0.1, 0.15) is 22.7 Å². The Hall–Kier alpha value is -1.62. The number of nitrogens with zero attached hydrogens (tertiary/aromatic N) is 2. The van der Waals surface area contributed by atoms with Gasteiger partial charge in [0.1, 0.15) is 5.76 Å². The van der Waals surface area contributed by atoms with E-state index in [1.807, 2.05) is 20.0 Å². The fourth-order valence-electron chi connectivity index (χ4n) is 1.68. The molecule has 86 valence electrons. The van der Waals surface area contributed by atoms with Crippen LogP contribution in [0.15, 0.2) is 17.0 Å². The van der Waals surface area contributed by atoms with Crippen molar-refractivity contribution in [3.8, 4) is 0 Å². The third-order valence-electron chi connectivity index (χ3n) is 2.60. The summed E-state index contributed by atoms with van der Waals surface area (Å²) in [6.07, 6.45) is 4.45. The molecule has 5 nitrogen and oxygen atoms in total. The Morgan fingerprint density at radius 1 is 1.44 bits per heavy atom. The summed E-state index contributed by atoms with van der Waals surface area (Å²) < 4.78 is 5.10. The molecule has 0 radical (unpaired) electrons. The molecule has 0 saturated carbocycles. The lowest BCUT2D eigenvalue weighted by atomic mass is 10.1. The minimum Gasteiger partial charge on any atom is -0.361 e. The molecule has 0 amide bonds. The van der Waals surface area contributed by atoms with Crippen molar-refractivity contribution in [3.05, 3.63) is 35.2 Å². The standard InChI is InChI=1S/C11H16N4O/c1-8-11(9(2)16-15-8)3-4-12-5-10-6-13-7-14-10/h6-7,12H,3-5H2,1-2H3,(H,13,14). The van der Waals surface area contributed by atoms with Gasteiger partial charge in [-0.2, -0.15) is 0 Å². The van der Waals surface area contributed by atoms with Gasteiger partial charge < -0.3 is 14.8 Å². The number of imidazole rings is 1. The van der Waals surface area contributed by atoms with Crippen molar-refractivity contribution in [2.45, 2.75) is 26.8 Å². The smallest absolute Gasteiger partial charge is 0.137 e. The zero-order valence-corrected chi connectivity index (χ0v) is 9.58. The molecule has 2 heterocycles. The Balaban J connectivity index is 1.76. The van der Waals surface area contributed by atoms with E-state index in [9.17, 15) is 0 Å². The highest BCUT2D eigenvalue weighted by molar-refractivity contribution is 5.20. The van der Waals surface area contributed by atoms with Crippen molar-refractivity contribution in [3.63, 3.8) is 0 Å². The maximum absolute atomic E-state index is 5.10. The van der Waals surface area contributed by atoms with Gasteiger partial charge in [-0.05, 0) is 26.8 Å². The Morgan fingerprint density at radius 2 is 2.31 bits per heavy atom. The van der Waals surface area contributed by atoms with Crippen molar-refractivity contribution < 1.29 is 4.52 Å². The third-order valence-corrected chi connectivity index (χ3v) is 2.60. The summed E-state index contributed by atoms with van der Waals surface area (Å²) in [6.45, 7) is 5.64. The van der Waals surface area contributed by atoms with Gasteiger partial charge in [-0.25, -0.2) is 4.98 Å². The van der Waals surface area contributed by atoms with E-state index in [0.717, 1.165) is 36.7 Å². The van der Waals surface area contributed by atoms with Crippen molar-refractivity contribution >= 4 is 0 Å². The van der Waals surface area contributed by atoms with Gasteiger partial charge in [0.25, 0.3) is 0 Å². The summed E-state index contributed by atoms with van der Waals surface area (Å²) >= 11 is 0. The average molecular weight is 220 g/mol. The minimum absolute atomic E-state index is 0.809. The molecular formula is C11H16N4O. The highest BCUT2D eigenvalue weighted by atomic mass is 16.5. The highest BCUT2D eigenvalue weighted by Gasteiger charge is 2.07. The molecule has 2 N–H and O–H groups in total. The monoisotopic (exact) mass is 220 g/mol. The van der Waals surface area contributed by atoms with Gasteiger partial charge in [-0.3, -0.25) is 0 Å². The lowest BCUT2D eigenvalue weighted by Gasteiger charge is -2.02. The second-order valence-corrected chi connectivity index (χ2v) is 3.81. The maximum Gasteiger partial charge on any atom is 0.137 e. The SMILES string of the molecule is Cc1noc(C)c1CCNCc1cnc[nH]1. The van der Waals surface area contributed by atoms with E-state index in [0.29, 0.717) is 0 Å². The highest BCUT2D eigenvalue weighted by Crippen LogP contribution is 2.11. The summed E-state index contributed by atoms with van der Waals surface area (Å²) in [5.74, 6) is 0.917. The second kappa shape index (κ2) is 4.94. The van der Waals surface area contributed by atoms with E-state index in [-0.39, 0.29) is 0 Å². The van der Waals surface area contributed by atoms with Gasteiger partial charge in [-0.1, -0.05) is 5.16 Å². The van der Waals surface area contributed by atoms with E-state index >= 15 is 0 Å². The number of aromatic nitrogens is 3. The number of aromatic amines is 1. The van der Waals surface area contributed by atoms with Crippen LogP contribution in [0.3, 0.4) is 0 Å². The van der Waals surface area contributed by atoms with Crippen molar-refractivity contribution in [2.24, 2.45) is 0 Å². The van der Waals surface area contributed by atoms with Crippen LogP contribution in [0.5, 0.6) is 0 Å². The molecule has 0 aliphatic carbocycles. The molecule has 0 fully saturated rings. The molecule has 5 heteroatoms. The lowest BCUT2D eigenvalue weighted by molar-refractivity contribution is 0.392. The van der Waals surface area contributed by atoms with E-state index < -0.39 is 0 Å². The molecule has 2 aromatic heterocycles. The fraction of sp³-hybridized carbons (Fsp3) is 0.455. The first-order valence-electron chi connectivity index (χ1n) is 5.37. The first-order valence-corrected chi connectivity index (χ1v) is 5.37. The van der Waals surface area contributed by atoms with Gasteiger partial charge in [-0.15, -0.1) is 0 Å². The largest absolute Gasteiger partial charge is 0.361 e. The third kappa shape index (κ3) is 2.49. The van der Waals surface area contributed by atoms with E-state index in [1.165, 1.54) is 5.56 Å². The molecular weight excluding hydrogens is 204 g/mol. The maximum atomic E-state index is 5.10. The molecule has 0 aromatic carbocycles. The summed E-state index contributed by atoms with van der Waals surface area (Å²) in [5, 5.41) is 7.27. The van der Waals surface area contributed by atoms with E-state index in [4.69, 9.17) is 4.52 Å².